The SMILES string of the molecule is Cc1nc2c(C)cc(F)cn2c1N. The lowest BCUT2D eigenvalue weighted by molar-refractivity contribution is 0.618. The van der Waals surface area contributed by atoms with E-state index in [-0.39, 0.29) is 5.82 Å². The zero-order valence-corrected chi connectivity index (χ0v) is 7.50. The summed E-state index contributed by atoms with van der Waals surface area (Å²) < 4.78 is 14.6. The minimum absolute atomic E-state index is 0.297. The molecule has 0 aliphatic heterocycles. The van der Waals surface area contributed by atoms with Gasteiger partial charge in [0.2, 0.25) is 0 Å². The summed E-state index contributed by atoms with van der Waals surface area (Å²) in [5.74, 6) is 0.201. The molecule has 2 aromatic rings. The quantitative estimate of drug-likeness (QED) is 0.668. The van der Waals surface area contributed by atoms with Gasteiger partial charge in [-0.05, 0) is 25.5 Å². The molecule has 2 aromatic heterocycles. The lowest BCUT2D eigenvalue weighted by Crippen LogP contribution is -1.96. The Labute approximate surface area is 75.0 Å². The van der Waals surface area contributed by atoms with Crippen LogP contribution >= 0.6 is 0 Å². The van der Waals surface area contributed by atoms with Gasteiger partial charge in [0, 0.05) is 6.20 Å². The summed E-state index contributed by atoms with van der Waals surface area (Å²) >= 11 is 0. The number of pyridine rings is 1. The number of nitrogen functional groups attached to an aromatic ring is 1. The van der Waals surface area contributed by atoms with Crippen LogP contribution in [0.1, 0.15) is 11.3 Å². The van der Waals surface area contributed by atoms with E-state index in [2.05, 4.69) is 4.98 Å². The number of fused-ring (bicyclic) bond motifs is 1. The zero-order chi connectivity index (χ0) is 9.59. The zero-order valence-electron chi connectivity index (χ0n) is 7.50. The summed E-state index contributed by atoms with van der Waals surface area (Å²) in [6.07, 6.45) is 1.34. The van der Waals surface area contributed by atoms with Crippen molar-refractivity contribution in [3.63, 3.8) is 0 Å². The molecule has 0 spiro atoms. The van der Waals surface area contributed by atoms with E-state index in [4.69, 9.17) is 5.73 Å². The number of aryl methyl sites for hydroxylation is 2. The van der Waals surface area contributed by atoms with Crippen LogP contribution in [0, 0.1) is 19.7 Å². The van der Waals surface area contributed by atoms with Gasteiger partial charge < -0.3 is 5.73 Å². The summed E-state index contributed by atoms with van der Waals surface area (Å²) in [5.41, 5.74) is 7.95. The van der Waals surface area contributed by atoms with Crippen molar-refractivity contribution in [3.05, 3.63) is 29.3 Å². The van der Waals surface area contributed by atoms with Gasteiger partial charge in [0.25, 0.3) is 0 Å². The summed E-state index contributed by atoms with van der Waals surface area (Å²) in [5, 5.41) is 0. The van der Waals surface area contributed by atoms with Crippen molar-refractivity contribution in [1.82, 2.24) is 9.38 Å². The normalized spacial score (nSPS) is 11.0. The molecule has 13 heavy (non-hydrogen) atoms. The van der Waals surface area contributed by atoms with Crippen LogP contribution in [0.15, 0.2) is 12.3 Å². The average Bonchev–Trinajstić information content (AvgIpc) is 2.32. The van der Waals surface area contributed by atoms with Crippen LogP contribution in [0.2, 0.25) is 0 Å². The Bertz CT molecular complexity index is 473. The van der Waals surface area contributed by atoms with Gasteiger partial charge in [-0.1, -0.05) is 0 Å². The average molecular weight is 179 g/mol. The fraction of sp³-hybridized carbons (Fsp3) is 0.222. The van der Waals surface area contributed by atoms with Gasteiger partial charge in [0.15, 0.2) is 0 Å². The molecule has 68 valence electrons. The maximum absolute atomic E-state index is 13.0. The Morgan fingerprint density at radius 3 is 2.85 bits per heavy atom. The molecule has 0 aliphatic carbocycles. The summed E-state index contributed by atoms with van der Waals surface area (Å²) in [4.78, 5) is 4.22. The highest BCUT2D eigenvalue weighted by Gasteiger charge is 2.08. The molecule has 2 rings (SSSR count). The van der Waals surface area contributed by atoms with Crippen molar-refractivity contribution in [2.45, 2.75) is 13.8 Å². The van der Waals surface area contributed by atoms with Crippen LogP contribution in [-0.2, 0) is 0 Å². The minimum Gasteiger partial charge on any atom is -0.383 e. The first-order valence-corrected chi connectivity index (χ1v) is 4.00. The topological polar surface area (TPSA) is 43.3 Å². The first kappa shape index (κ1) is 8.04. The molecule has 0 bridgehead atoms. The van der Waals surface area contributed by atoms with Crippen LogP contribution in [0.4, 0.5) is 10.2 Å². The van der Waals surface area contributed by atoms with Crippen molar-refractivity contribution in [2.24, 2.45) is 0 Å². The fourth-order valence-electron chi connectivity index (χ4n) is 1.40. The molecular weight excluding hydrogens is 169 g/mol. The number of nitrogens with zero attached hydrogens (tertiary/aromatic N) is 2. The highest BCUT2D eigenvalue weighted by molar-refractivity contribution is 5.56. The second-order valence-electron chi connectivity index (χ2n) is 3.12. The van der Waals surface area contributed by atoms with Gasteiger partial charge in [0.05, 0.1) is 5.69 Å². The van der Waals surface area contributed by atoms with Crippen molar-refractivity contribution < 1.29 is 4.39 Å². The number of nitrogens with two attached hydrogens (primary N) is 1. The van der Waals surface area contributed by atoms with E-state index in [0.29, 0.717) is 5.82 Å². The molecule has 0 saturated carbocycles. The summed E-state index contributed by atoms with van der Waals surface area (Å²) in [6, 6.07) is 1.45. The first-order chi connectivity index (χ1) is 6.09. The second kappa shape index (κ2) is 2.45. The third kappa shape index (κ3) is 1.06. The molecular formula is C9H10FN3. The van der Waals surface area contributed by atoms with E-state index in [1.54, 1.807) is 11.3 Å². The first-order valence-electron chi connectivity index (χ1n) is 4.00. The lowest BCUT2D eigenvalue weighted by atomic mass is 10.3. The minimum atomic E-state index is -0.297. The maximum atomic E-state index is 13.0. The molecule has 4 heteroatoms. The van der Waals surface area contributed by atoms with Gasteiger partial charge >= 0.3 is 0 Å². The molecule has 0 aliphatic rings. The van der Waals surface area contributed by atoms with Gasteiger partial charge in [-0.15, -0.1) is 0 Å². The van der Waals surface area contributed by atoms with E-state index in [0.717, 1.165) is 16.9 Å². The van der Waals surface area contributed by atoms with Crippen LogP contribution in [0.3, 0.4) is 0 Å². The number of rotatable bonds is 0. The number of anilines is 1. The Morgan fingerprint density at radius 2 is 2.15 bits per heavy atom. The number of hydrogen-bond donors (Lipinski definition) is 1. The number of halogens is 1. The summed E-state index contributed by atoms with van der Waals surface area (Å²) in [6.45, 7) is 3.62. The van der Waals surface area contributed by atoms with Crippen molar-refractivity contribution in [3.8, 4) is 0 Å². The van der Waals surface area contributed by atoms with Crippen LogP contribution in [0.5, 0.6) is 0 Å². The van der Waals surface area contributed by atoms with Crippen LogP contribution in [-0.4, -0.2) is 9.38 Å². The predicted molar refractivity (Wildman–Crippen MR) is 49.0 cm³/mol. The number of aromatic nitrogens is 2. The van der Waals surface area contributed by atoms with Crippen molar-refractivity contribution in [1.29, 1.82) is 0 Å². The molecule has 0 atom stereocenters. The third-order valence-electron chi connectivity index (χ3n) is 2.09. The molecule has 0 saturated heterocycles. The Balaban J connectivity index is 2.94. The standard InChI is InChI=1S/C9H10FN3/c1-5-3-7(10)4-13-8(11)6(2)12-9(5)13/h3-4H,11H2,1-2H3. The van der Waals surface area contributed by atoms with Crippen molar-refractivity contribution in [2.75, 3.05) is 5.73 Å². The van der Waals surface area contributed by atoms with E-state index in [9.17, 15) is 4.39 Å². The Morgan fingerprint density at radius 1 is 1.46 bits per heavy atom. The Hall–Kier alpha value is -1.58. The van der Waals surface area contributed by atoms with E-state index in [1.807, 2.05) is 6.92 Å². The highest BCUT2D eigenvalue weighted by Crippen LogP contribution is 2.17. The molecule has 2 N–H and O–H groups in total. The smallest absolute Gasteiger partial charge is 0.141 e. The fourth-order valence-corrected chi connectivity index (χ4v) is 1.40. The van der Waals surface area contributed by atoms with Crippen LogP contribution in [0.25, 0.3) is 5.65 Å². The Kier molecular flexibility index (Phi) is 1.52. The second-order valence-corrected chi connectivity index (χ2v) is 3.12. The van der Waals surface area contributed by atoms with Gasteiger partial charge in [-0.2, -0.15) is 0 Å². The third-order valence-corrected chi connectivity index (χ3v) is 2.09. The van der Waals surface area contributed by atoms with E-state index >= 15 is 0 Å². The monoisotopic (exact) mass is 179 g/mol. The van der Waals surface area contributed by atoms with Crippen molar-refractivity contribution >= 4 is 11.5 Å². The largest absolute Gasteiger partial charge is 0.383 e. The highest BCUT2D eigenvalue weighted by atomic mass is 19.1. The molecule has 0 radical (unpaired) electrons. The van der Waals surface area contributed by atoms with E-state index < -0.39 is 0 Å². The molecule has 0 amide bonds. The predicted octanol–water partition coefficient (Wildman–Crippen LogP) is 1.67. The maximum Gasteiger partial charge on any atom is 0.141 e. The molecule has 0 unspecified atom stereocenters. The van der Waals surface area contributed by atoms with Gasteiger partial charge in [0.1, 0.15) is 17.3 Å². The van der Waals surface area contributed by atoms with E-state index in [1.165, 1.54) is 12.3 Å². The molecule has 3 nitrogen and oxygen atoms in total. The van der Waals surface area contributed by atoms with Crippen LogP contribution < -0.4 is 5.73 Å². The number of hydrogen-bond acceptors (Lipinski definition) is 2. The lowest BCUT2D eigenvalue weighted by Gasteiger charge is -1.99. The van der Waals surface area contributed by atoms with Gasteiger partial charge in [-0.25, -0.2) is 9.37 Å². The molecule has 2 heterocycles. The number of imidazole rings is 1. The molecule has 0 fully saturated rings. The molecule has 0 aromatic carbocycles. The van der Waals surface area contributed by atoms with Gasteiger partial charge in [-0.3, -0.25) is 4.40 Å². The summed E-state index contributed by atoms with van der Waals surface area (Å²) in [7, 11) is 0.